The van der Waals surface area contributed by atoms with E-state index in [2.05, 4.69) is 5.10 Å². The van der Waals surface area contributed by atoms with Gasteiger partial charge in [0.25, 0.3) is 0 Å². The molecule has 0 aliphatic rings. The minimum atomic E-state index is -1.06. The van der Waals surface area contributed by atoms with E-state index in [9.17, 15) is 4.79 Å². The van der Waals surface area contributed by atoms with Crippen LogP contribution in [-0.2, 0) is 13.7 Å². The summed E-state index contributed by atoms with van der Waals surface area (Å²) in [6.07, 6.45) is 0. The second-order valence-corrected chi connectivity index (χ2v) is 5.48. The molecule has 3 rings (SSSR count). The van der Waals surface area contributed by atoms with Gasteiger partial charge in [-0.25, -0.2) is 4.79 Å². The molecule has 0 atom stereocenters. The Labute approximate surface area is 145 Å². The first-order valence-electron chi connectivity index (χ1n) is 7.71. The fourth-order valence-electron chi connectivity index (χ4n) is 2.53. The number of benzene rings is 2. The molecule has 0 aliphatic heterocycles. The van der Waals surface area contributed by atoms with Crippen LogP contribution in [0.15, 0.2) is 54.6 Å². The summed E-state index contributed by atoms with van der Waals surface area (Å²) in [6, 6.07) is 16.8. The molecule has 0 saturated heterocycles. The van der Waals surface area contributed by atoms with Crippen LogP contribution in [0.3, 0.4) is 0 Å². The highest BCUT2D eigenvalue weighted by atomic mass is 16.5. The molecule has 0 radical (unpaired) electrons. The van der Waals surface area contributed by atoms with Crippen molar-refractivity contribution >= 4 is 5.97 Å². The van der Waals surface area contributed by atoms with Gasteiger partial charge in [-0.1, -0.05) is 30.3 Å². The van der Waals surface area contributed by atoms with Crippen molar-refractivity contribution < 1.29 is 19.4 Å². The van der Waals surface area contributed by atoms with E-state index in [0.29, 0.717) is 23.8 Å². The predicted octanol–water partition coefficient (Wildman–Crippen LogP) is 3.37. The summed E-state index contributed by atoms with van der Waals surface area (Å²) in [4.78, 5) is 11.1. The van der Waals surface area contributed by atoms with Crippen LogP contribution >= 0.6 is 0 Å². The maximum absolute atomic E-state index is 11.1. The minimum Gasteiger partial charge on any atom is -0.493 e. The number of ether oxygens (including phenoxy) is 2. The SMILES string of the molecule is COc1ccc(-c2cc(C(=O)O)nn2C)cc1OCc1ccccc1. The third kappa shape index (κ3) is 3.63. The Kier molecular flexibility index (Phi) is 4.70. The molecular formula is C19H18N2O4. The van der Waals surface area contributed by atoms with Crippen molar-refractivity contribution in [3.05, 3.63) is 65.9 Å². The zero-order valence-corrected chi connectivity index (χ0v) is 14.0. The first-order valence-corrected chi connectivity index (χ1v) is 7.71. The fourth-order valence-corrected chi connectivity index (χ4v) is 2.53. The van der Waals surface area contributed by atoms with Gasteiger partial charge in [0, 0.05) is 12.6 Å². The molecule has 1 heterocycles. The smallest absolute Gasteiger partial charge is 0.356 e. The Morgan fingerprint density at radius 1 is 1.12 bits per heavy atom. The molecule has 0 amide bonds. The first-order chi connectivity index (χ1) is 12.1. The summed E-state index contributed by atoms with van der Waals surface area (Å²) >= 11 is 0. The molecule has 2 aromatic carbocycles. The molecule has 0 saturated carbocycles. The Morgan fingerprint density at radius 3 is 2.52 bits per heavy atom. The minimum absolute atomic E-state index is 0.0000666. The highest BCUT2D eigenvalue weighted by Crippen LogP contribution is 2.33. The normalized spacial score (nSPS) is 10.5. The van der Waals surface area contributed by atoms with Crippen LogP contribution in [0.4, 0.5) is 0 Å². The number of nitrogens with zero attached hydrogens (tertiary/aromatic N) is 2. The zero-order chi connectivity index (χ0) is 17.8. The summed E-state index contributed by atoms with van der Waals surface area (Å²) in [6.45, 7) is 0.409. The molecule has 0 fully saturated rings. The van der Waals surface area contributed by atoms with E-state index < -0.39 is 5.97 Å². The molecule has 3 aromatic rings. The molecule has 6 heteroatoms. The van der Waals surface area contributed by atoms with Crippen LogP contribution in [-0.4, -0.2) is 28.0 Å². The van der Waals surface area contributed by atoms with Gasteiger partial charge in [-0.2, -0.15) is 5.10 Å². The number of carbonyl (C=O) groups is 1. The molecule has 1 aromatic heterocycles. The maximum Gasteiger partial charge on any atom is 0.356 e. The van der Waals surface area contributed by atoms with Crippen LogP contribution in [0.2, 0.25) is 0 Å². The topological polar surface area (TPSA) is 73.6 Å². The molecule has 0 bridgehead atoms. The van der Waals surface area contributed by atoms with Gasteiger partial charge >= 0.3 is 5.97 Å². The lowest BCUT2D eigenvalue weighted by Gasteiger charge is -2.12. The van der Waals surface area contributed by atoms with Crippen molar-refractivity contribution in [2.75, 3.05) is 7.11 Å². The number of aromatic carboxylic acids is 1. The fraction of sp³-hybridized carbons (Fsp3) is 0.158. The van der Waals surface area contributed by atoms with Gasteiger partial charge in [-0.3, -0.25) is 4.68 Å². The number of aryl methyl sites for hydroxylation is 1. The van der Waals surface area contributed by atoms with Gasteiger partial charge in [-0.05, 0) is 29.8 Å². The van der Waals surface area contributed by atoms with Gasteiger partial charge in [0.1, 0.15) is 6.61 Å². The molecule has 128 valence electrons. The van der Waals surface area contributed by atoms with E-state index in [1.54, 1.807) is 20.2 Å². The second kappa shape index (κ2) is 7.09. The summed E-state index contributed by atoms with van der Waals surface area (Å²) < 4.78 is 12.8. The van der Waals surface area contributed by atoms with E-state index >= 15 is 0 Å². The van der Waals surface area contributed by atoms with Crippen LogP contribution in [0, 0.1) is 0 Å². The van der Waals surface area contributed by atoms with Crippen LogP contribution in [0.1, 0.15) is 16.1 Å². The summed E-state index contributed by atoms with van der Waals surface area (Å²) in [5.74, 6) is 0.137. The number of carboxylic acids is 1. The molecule has 6 nitrogen and oxygen atoms in total. The Hall–Kier alpha value is -3.28. The molecule has 25 heavy (non-hydrogen) atoms. The lowest BCUT2D eigenvalue weighted by atomic mass is 10.1. The van der Waals surface area contributed by atoms with E-state index in [-0.39, 0.29) is 5.69 Å². The molecule has 0 spiro atoms. The third-order valence-corrected chi connectivity index (χ3v) is 3.80. The Balaban J connectivity index is 1.91. The number of hydrogen-bond acceptors (Lipinski definition) is 4. The molecule has 1 N–H and O–H groups in total. The van der Waals surface area contributed by atoms with E-state index in [0.717, 1.165) is 11.1 Å². The largest absolute Gasteiger partial charge is 0.493 e. The van der Waals surface area contributed by atoms with E-state index in [4.69, 9.17) is 14.6 Å². The third-order valence-electron chi connectivity index (χ3n) is 3.80. The zero-order valence-electron chi connectivity index (χ0n) is 14.0. The van der Waals surface area contributed by atoms with Crippen molar-refractivity contribution in [1.82, 2.24) is 9.78 Å². The summed E-state index contributed by atoms with van der Waals surface area (Å²) in [5.41, 5.74) is 2.53. The number of hydrogen-bond donors (Lipinski definition) is 1. The highest BCUT2D eigenvalue weighted by molar-refractivity contribution is 5.87. The van der Waals surface area contributed by atoms with Crippen LogP contribution < -0.4 is 9.47 Å². The average Bonchev–Trinajstić information content (AvgIpc) is 3.02. The van der Waals surface area contributed by atoms with E-state index in [1.807, 2.05) is 42.5 Å². The Morgan fingerprint density at radius 2 is 1.88 bits per heavy atom. The second-order valence-electron chi connectivity index (χ2n) is 5.48. The van der Waals surface area contributed by atoms with Gasteiger partial charge < -0.3 is 14.6 Å². The number of aromatic nitrogens is 2. The lowest BCUT2D eigenvalue weighted by Crippen LogP contribution is -2.00. The molecule has 0 aliphatic carbocycles. The van der Waals surface area contributed by atoms with Crippen molar-refractivity contribution in [3.63, 3.8) is 0 Å². The van der Waals surface area contributed by atoms with Crippen molar-refractivity contribution in [2.24, 2.45) is 7.05 Å². The molecular weight excluding hydrogens is 320 g/mol. The van der Waals surface area contributed by atoms with Crippen LogP contribution in [0.25, 0.3) is 11.3 Å². The summed E-state index contributed by atoms with van der Waals surface area (Å²) in [5, 5.41) is 13.1. The molecule has 0 unspecified atom stereocenters. The Bertz CT molecular complexity index is 888. The first kappa shape index (κ1) is 16.6. The number of rotatable bonds is 6. The van der Waals surface area contributed by atoms with Crippen molar-refractivity contribution in [3.8, 4) is 22.8 Å². The standard InChI is InChI=1S/C19H18N2O4/c1-21-16(11-15(20-21)19(22)23)14-8-9-17(24-2)18(10-14)25-12-13-6-4-3-5-7-13/h3-11H,12H2,1-2H3,(H,22,23). The number of methoxy groups -OCH3 is 1. The van der Waals surface area contributed by atoms with E-state index in [1.165, 1.54) is 10.7 Å². The van der Waals surface area contributed by atoms with Gasteiger partial charge in [0.05, 0.1) is 12.8 Å². The maximum atomic E-state index is 11.1. The van der Waals surface area contributed by atoms with Gasteiger partial charge in [0.15, 0.2) is 17.2 Å². The van der Waals surface area contributed by atoms with Crippen molar-refractivity contribution in [1.29, 1.82) is 0 Å². The average molecular weight is 338 g/mol. The van der Waals surface area contributed by atoms with Gasteiger partial charge in [0.2, 0.25) is 0 Å². The number of carboxylic acid groups (broad SMARTS) is 1. The lowest BCUT2D eigenvalue weighted by molar-refractivity contribution is 0.0689. The highest BCUT2D eigenvalue weighted by Gasteiger charge is 2.15. The predicted molar refractivity (Wildman–Crippen MR) is 92.9 cm³/mol. The monoisotopic (exact) mass is 338 g/mol. The quantitative estimate of drug-likeness (QED) is 0.746. The van der Waals surface area contributed by atoms with Crippen LogP contribution in [0.5, 0.6) is 11.5 Å². The van der Waals surface area contributed by atoms with Gasteiger partial charge in [-0.15, -0.1) is 0 Å². The van der Waals surface area contributed by atoms with Crippen molar-refractivity contribution in [2.45, 2.75) is 6.61 Å². The summed E-state index contributed by atoms with van der Waals surface area (Å²) in [7, 11) is 3.29.